The van der Waals surface area contributed by atoms with Crippen molar-refractivity contribution in [2.45, 2.75) is 38.1 Å². The Labute approximate surface area is 262 Å². The van der Waals surface area contributed by atoms with Crippen LogP contribution in [0.2, 0.25) is 0 Å². The number of aromatic amines is 1. The van der Waals surface area contributed by atoms with E-state index in [1.165, 1.54) is 6.20 Å². The van der Waals surface area contributed by atoms with Gasteiger partial charge in [-0.05, 0) is 16.7 Å². The number of aliphatic hydroxyl groups excluding tert-OH is 1. The molecule has 46 heavy (non-hydrogen) atoms. The highest BCUT2D eigenvalue weighted by molar-refractivity contribution is 7.67. The summed E-state index contributed by atoms with van der Waals surface area (Å²) in [6.07, 6.45) is -2.49. The number of hydrogen-bond donors (Lipinski definition) is 3. The van der Waals surface area contributed by atoms with Gasteiger partial charge in [0, 0.05) is 33.9 Å². The molecule has 1 saturated heterocycles. The third-order valence-electron chi connectivity index (χ3n) is 6.65. The highest BCUT2D eigenvalue weighted by Gasteiger charge is 2.46. The number of aromatic nitrogens is 2. The maximum Gasteiger partial charge on any atom is 0.492 e. The van der Waals surface area contributed by atoms with E-state index in [-0.39, 0.29) is 25.2 Å². The highest BCUT2D eigenvalue weighted by Crippen LogP contribution is 2.71. The average Bonchev–Trinajstić information content (AvgIpc) is 3.41. The van der Waals surface area contributed by atoms with Crippen LogP contribution in [0, 0.1) is 0 Å². The van der Waals surface area contributed by atoms with Crippen molar-refractivity contribution in [1.29, 1.82) is 0 Å². The molecule has 0 bridgehead atoms. The number of hydrogen-bond acceptors (Lipinski definition) is 14. The zero-order valence-corrected chi connectivity index (χ0v) is 27.5. The van der Waals surface area contributed by atoms with Crippen LogP contribution in [-0.4, -0.2) is 59.7 Å². The first-order valence-electron chi connectivity index (χ1n) is 13.5. The number of ether oxygens (including phenoxy) is 2. The summed E-state index contributed by atoms with van der Waals surface area (Å²) in [6.45, 7) is -0.672. The van der Waals surface area contributed by atoms with Crippen molar-refractivity contribution in [3.63, 3.8) is 0 Å². The average molecular weight is 706 g/mol. The summed E-state index contributed by atoms with van der Waals surface area (Å²) in [6, 6.07) is 17.4. The summed E-state index contributed by atoms with van der Waals surface area (Å²) < 4.78 is 77.2. The number of aliphatic hydroxyl groups is 1. The molecule has 3 aromatic rings. The van der Waals surface area contributed by atoms with Crippen LogP contribution in [0.15, 0.2) is 70.4 Å². The Morgan fingerprint density at radius 2 is 1.54 bits per heavy atom. The van der Waals surface area contributed by atoms with E-state index in [2.05, 4.69) is 27.2 Å². The lowest BCUT2D eigenvalue weighted by Crippen LogP contribution is -2.34. The molecule has 252 valence electrons. The summed E-state index contributed by atoms with van der Waals surface area (Å²) in [5.74, 6) is 0. The fourth-order valence-electron chi connectivity index (χ4n) is 4.33. The predicted molar refractivity (Wildman–Crippen MR) is 160 cm³/mol. The van der Waals surface area contributed by atoms with Crippen molar-refractivity contribution in [1.82, 2.24) is 9.55 Å². The van der Waals surface area contributed by atoms with Gasteiger partial charge < -0.3 is 19.5 Å². The molecule has 0 saturated carbocycles. The minimum atomic E-state index is -5.02. The minimum Gasteiger partial charge on any atom is -0.390 e. The summed E-state index contributed by atoms with van der Waals surface area (Å²) in [5.41, 5.74) is 1.48. The van der Waals surface area contributed by atoms with Crippen molar-refractivity contribution >= 4 is 23.5 Å². The van der Waals surface area contributed by atoms with Gasteiger partial charge in [-0.2, -0.15) is 8.62 Å². The molecule has 1 aliphatic rings. The molecular formula is C26H33N2O15P3. The van der Waals surface area contributed by atoms with Crippen molar-refractivity contribution in [3.05, 3.63) is 92.8 Å². The quantitative estimate of drug-likeness (QED) is 0.180. The van der Waals surface area contributed by atoms with E-state index in [1.807, 2.05) is 54.6 Å². The molecule has 0 amide bonds. The molecule has 4 rings (SSSR count). The van der Waals surface area contributed by atoms with Crippen molar-refractivity contribution < 1.29 is 59.9 Å². The molecule has 20 heteroatoms. The van der Waals surface area contributed by atoms with Crippen molar-refractivity contribution in [2.75, 3.05) is 27.9 Å². The second-order valence-corrected chi connectivity index (χ2v) is 15.0. The third-order valence-corrected chi connectivity index (χ3v) is 11.7. The largest absolute Gasteiger partial charge is 0.492 e. The normalized spacial score (nSPS) is 22.2. The predicted octanol–water partition coefficient (Wildman–Crippen LogP) is 3.87. The second-order valence-electron chi connectivity index (χ2n) is 9.64. The molecule has 1 aliphatic heterocycles. The highest BCUT2D eigenvalue weighted by atomic mass is 31.3. The number of nitrogens with zero attached hydrogens (tertiary/aromatic N) is 1. The maximum atomic E-state index is 12.9. The Morgan fingerprint density at radius 1 is 0.891 bits per heavy atom. The van der Waals surface area contributed by atoms with Gasteiger partial charge in [0.25, 0.3) is 5.56 Å². The summed E-state index contributed by atoms with van der Waals surface area (Å²) in [4.78, 5) is 36.9. The van der Waals surface area contributed by atoms with E-state index < -0.39 is 59.8 Å². The van der Waals surface area contributed by atoms with Gasteiger partial charge in [-0.25, -0.2) is 18.5 Å². The summed E-state index contributed by atoms with van der Waals surface area (Å²) in [5, 5.41) is 10.6. The topological polar surface area (TPSA) is 220 Å². The number of H-pyrrole nitrogens is 1. The van der Waals surface area contributed by atoms with E-state index in [0.717, 1.165) is 42.6 Å². The van der Waals surface area contributed by atoms with Crippen LogP contribution < -0.4 is 11.2 Å². The van der Waals surface area contributed by atoms with E-state index in [1.54, 1.807) is 0 Å². The van der Waals surface area contributed by atoms with E-state index in [0.29, 0.717) is 0 Å². The van der Waals surface area contributed by atoms with Gasteiger partial charge in [0.15, 0.2) is 0 Å². The first-order chi connectivity index (χ1) is 21.8. The standard InChI is InChI=1S/C26H33N2O15P3/c1-36-44(32,33)42-46(35,38-3)43-45(34,37-2)40-17-23-22(29)13-24(41-23)28-14-20(25(30)27-26(28)31)16-39-15-19-11-7-8-12-21(19)18-9-5-4-6-10-18/h4-12,14,22-24,29H,13,15-17H2,1-3H3,(H,32,33)(H,27,30,31)/t22?,23-,24-,45?,46?/m1/s1. The molecule has 2 heterocycles. The zero-order valence-electron chi connectivity index (χ0n) is 24.8. The van der Waals surface area contributed by atoms with E-state index in [4.69, 9.17) is 14.0 Å². The number of benzene rings is 2. The van der Waals surface area contributed by atoms with Crippen LogP contribution in [-0.2, 0) is 63.1 Å². The van der Waals surface area contributed by atoms with Gasteiger partial charge in [-0.1, -0.05) is 54.6 Å². The molecule has 0 aliphatic carbocycles. The monoisotopic (exact) mass is 706 g/mol. The van der Waals surface area contributed by atoms with Crippen LogP contribution in [0.1, 0.15) is 23.8 Å². The van der Waals surface area contributed by atoms with Gasteiger partial charge in [-0.3, -0.25) is 32.4 Å². The Kier molecular flexibility index (Phi) is 12.2. The van der Waals surface area contributed by atoms with Crippen LogP contribution in [0.3, 0.4) is 0 Å². The Morgan fingerprint density at radius 3 is 2.22 bits per heavy atom. The Hall–Kier alpha value is -2.59. The molecule has 1 fully saturated rings. The fourth-order valence-corrected chi connectivity index (χ4v) is 8.40. The molecule has 1 aromatic heterocycles. The van der Waals surface area contributed by atoms with Crippen LogP contribution in [0.5, 0.6) is 0 Å². The van der Waals surface area contributed by atoms with Crippen LogP contribution in [0.4, 0.5) is 0 Å². The lowest BCUT2D eigenvalue weighted by atomic mass is 10.0. The van der Waals surface area contributed by atoms with Crippen LogP contribution in [0.25, 0.3) is 11.1 Å². The number of nitrogens with one attached hydrogen (secondary N) is 1. The lowest BCUT2D eigenvalue weighted by Gasteiger charge is -2.23. The van der Waals surface area contributed by atoms with Gasteiger partial charge in [0.2, 0.25) is 0 Å². The molecule has 2 aromatic carbocycles. The first-order valence-corrected chi connectivity index (χ1v) is 17.9. The van der Waals surface area contributed by atoms with Gasteiger partial charge in [-0.15, -0.1) is 0 Å². The Bertz CT molecular complexity index is 1750. The zero-order chi connectivity index (χ0) is 33.5. The molecule has 6 atom stereocenters. The molecule has 3 N–H and O–H groups in total. The van der Waals surface area contributed by atoms with Crippen molar-refractivity contribution in [2.24, 2.45) is 0 Å². The van der Waals surface area contributed by atoms with E-state index >= 15 is 0 Å². The molecule has 4 unspecified atom stereocenters. The van der Waals surface area contributed by atoms with Crippen molar-refractivity contribution in [3.8, 4) is 11.1 Å². The van der Waals surface area contributed by atoms with E-state index in [9.17, 15) is 33.3 Å². The lowest BCUT2D eigenvalue weighted by molar-refractivity contribution is -0.0459. The van der Waals surface area contributed by atoms with Gasteiger partial charge >= 0.3 is 29.2 Å². The second kappa shape index (κ2) is 15.5. The first kappa shape index (κ1) is 36.2. The van der Waals surface area contributed by atoms with Gasteiger partial charge in [0.05, 0.1) is 31.5 Å². The molecule has 0 spiro atoms. The van der Waals surface area contributed by atoms with Crippen LogP contribution >= 0.6 is 23.5 Å². The summed E-state index contributed by atoms with van der Waals surface area (Å²) >= 11 is 0. The maximum absolute atomic E-state index is 12.9. The number of phosphoric acid groups is 3. The summed E-state index contributed by atoms with van der Waals surface area (Å²) in [7, 11) is -12.4. The number of phosphoric ester groups is 2. The van der Waals surface area contributed by atoms with Gasteiger partial charge in [0.1, 0.15) is 12.3 Å². The molecule has 0 radical (unpaired) electrons. The number of rotatable bonds is 16. The Balaban J connectivity index is 1.41. The molecular weight excluding hydrogens is 673 g/mol. The molecule has 17 nitrogen and oxygen atoms in total. The minimum absolute atomic E-state index is 0.111. The SMILES string of the molecule is COP(=O)(O)OP(=O)(OC)OP(=O)(OC)OC[C@H]1O[C@@H](n2cc(COCc3ccccc3-c3ccccc3)c(=O)[nH]c2=O)CC1O. The fraction of sp³-hybridized carbons (Fsp3) is 0.385. The third kappa shape index (κ3) is 9.27. The smallest absolute Gasteiger partial charge is 0.390 e.